The van der Waals surface area contributed by atoms with E-state index in [1.54, 1.807) is 48.5 Å². The normalized spacial score (nSPS) is 11.7. The summed E-state index contributed by atoms with van der Waals surface area (Å²) in [5.74, 6) is -1.48. The van der Waals surface area contributed by atoms with Gasteiger partial charge in [0, 0.05) is 10.8 Å². The van der Waals surface area contributed by atoms with Crippen molar-refractivity contribution in [1.82, 2.24) is 0 Å². The van der Waals surface area contributed by atoms with Crippen molar-refractivity contribution in [2.45, 2.75) is 20.0 Å². The van der Waals surface area contributed by atoms with Crippen molar-refractivity contribution in [1.29, 1.82) is 0 Å². The maximum absolute atomic E-state index is 12.5. The molecule has 29 heavy (non-hydrogen) atoms. The van der Waals surface area contributed by atoms with Gasteiger partial charge in [-0.1, -0.05) is 36.4 Å². The van der Waals surface area contributed by atoms with Gasteiger partial charge in [0.05, 0.1) is 12.3 Å². The predicted molar refractivity (Wildman–Crippen MR) is 108 cm³/mol. The van der Waals surface area contributed by atoms with Gasteiger partial charge in [0.25, 0.3) is 5.91 Å². The summed E-state index contributed by atoms with van der Waals surface area (Å²) in [6.07, 6.45) is -1.15. The monoisotopic (exact) mass is 395 g/mol. The van der Waals surface area contributed by atoms with E-state index in [-0.39, 0.29) is 17.1 Å². The van der Waals surface area contributed by atoms with Crippen LogP contribution in [0.25, 0.3) is 10.8 Å². The number of benzene rings is 3. The molecule has 3 aromatic rings. The predicted octanol–water partition coefficient (Wildman–Crippen LogP) is 3.83. The van der Waals surface area contributed by atoms with E-state index in [2.05, 4.69) is 5.32 Å². The van der Waals surface area contributed by atoms with Crippen LogP contribution in [0.3, 0.4) is 0 Å². The van der Waals surface area contributed by atoms with Crippen LogP contribution in [0.1, 0.15) is 24.2 Å². The molecule has 0 saturated heterocycles. The van der Waals surface area contributed by atoms with Crippen molar-refractivity contribution < 1.29 is 29.3 Å². The third kappa shape index (κ3) is 4.24. The van der Waals surface area contributed by atoms with Crippen LogP contribution in [0.2, 0.25) is 0 Å². The van der Waals surface area contributed by atoms with Crippen LogP contribution in [0.4, 0.5) is 5.69 Å². The highest BCUT2D eigenvalue weighted by Gasteiger charge is 2.24. The van der Waals surface area contributed by atoms with Crippen molar-refractivity contribution in [2.24, 2.45) is 0 Å². The molecule has 150 valence electrons. The van der Waals surface area contributed by atoms with E-state index in [4.69, 9.17) is 9.47 Å². The number of fused-ring (bicyclic) bond motifs is 1. The smallest absolute Gasteiger partial charge is 0.342 e. The van der Waals surface area contributed by atoms with Gasteiger partial charge < -0.3 is 25.0 Å². The Morgan fingerprint density at radius 1 is 1.03 bits per heavy atom. The number of hydrogen-bond donors (Lipinski definition) is 3. The first-order chi connectivity index (χ1) is 13.9. The minimum Gasteiger partial charge on any atom is -0.507 e. The second kappa shape index (κ2) is 8.52. The first-order valence-corrected chi connectivity index (χ1v) is 9.09. The molecule has 7 heteroatoms. The average molecular weight is 395 g/mol. The first-order valence-electron chi connectivity index (χ1n) is 9.09. The number of rotatable bonds is 6. The third-order valence-corrected chi connectivity index (χ3v) is 4.31. The van der Waals surface area contributed by atoms with Gasteiger partial charge in [0.2, 0.25) is 0 Å². The number of ether oxygens (including phenoxy) is 2. The zero-order valence-corrected chi connectivity index (χ0v) is 16.0. The summed E-state index contributed by atoms with van der Waals surface area (Å²) in [6, 6.07) is 14.6. The summed E-state index contributed by atoms with van der Waals surface area (Å²) in [5.41, 5.74) is 0.226. The number of carbonyl (C=O) groups is 2. The molecule has 0 aromatic heterocycles. The van der Waals surface area contributed by atoms with Gasteiger partial charge in [0.1, 0.15) is 22.8 Å². The number of aromatic hydroxyl groups is 2. The maximum atomic E-state index is 12.5. The van der Waals surface area contributed by atoms with Crippen molar-refractivity contribution in [3.8, 4) is 17.2 Å². The van der Waals surface area contributed by atoms with Gasteiger partial charge in [-0.25, -0.2) is 4.79 Å². The molecule has 3 aromatic carbocycles. The number of nitrogens with one attached hydrogen (secondary N) is 1. The molecule has 0 radical (unpaired) electrons. The maximum Gasteiger partial charge on any atom is 0.342 e. The lowest BCUT2D eigenvalue weighted by molar-refractivity contribution is -0.123. The number of anilines is 1. The molecule has 0 bridgehead atoms. The van der Waals surface area contributed by atoms with Gasteiger partial charge in [-0.2, -0.15) is 0 Å². The van der Waals surface area contributed by atoms with Crippen LogP contribution in [-0.2, 0) is 9.53 Å². The van der Waals surface area contributed by atoms with Crippen LogP contribution >= 0.6 is 0 Å². The number of carbonyl (C=O) groups excluding carboxylic acids is 2. The summed E-state index contributed by atoms with van der Waals surface area (Å²) < 4.78 is 10.6. The molecule has 0 saturated carbocycles. The van der Waals surface area contributed by atoms with Crippen molar-refractivity contribution >= 4 is 28.3 Å². The van der Waals surface area contributed by atoms with Crippen LogP contribution in [0.15, 0.2) is 54.6 Å². The van der Waals surface area contributed by atoms with Gasteiger partial charge >= 0.3 is 5.97 Å². The van der Waals surface area contributed by atoms with Crippen molar-refractivity contribution in [2.75, 3.05) is 11.9 Å². The summed E-state index contributed by atoms with van der Waals surface area (Å²) in [4.78, 5) is 24.9. The van der Waals surface area contributed by atoms with Gasteiger partial charge in [-0.15, -0.1) is 0 Å². The largest absolute Gasteiger partial charge is 0.507 e. The minimum atomic E-state index is -1.15. The Balaban J connectivity index is 1.76. The number of hydrogen-bond acceptors (Lipinski definition) is 6. The molecule has 0 spiro atoms. The minimum absolute atomic E-state index is 0.173. The summed E-state index contributed by atoms with van der Waals surface area (Å²) >= 11 is 0. The zero-order valence-electron chi connectivity index (χ0n) is 16.0. The van der Waals surface area contributed by atoms with Crippen LogP contribution in [0.5, 0.6) is 17.2 Å². The number of para-hydroxylation sites is 2. The quantitative estimate of drug-likeness (QED) is 0.433. The molecule has 3 N–H and O–H groups in total. The Kier molecular flexibility index (Phi) is 5.87. The molecular formula is C22H21NO6. The summed E-state index contributed by atoms with van der Waals surface area (Å²) in [6.45, 7) is 3.67. The molecule has 0 aliphatic carbocycles. The molecule has 0 fully saturated rings. The lowest BCUT2D eigenvalue weighted by Gasteiger charge is -2.16. The van der Waals surface area contributed by atoms with Gasteiger partial charge in [-0.05, 0) is 32.0 Å². The zero-order chi connectivity index (χ0) is 21.0. The Hall–Kier alpha value is -3.74. The van der Waals surface area contributed by atoms with Gasteiger partial charge in [-0.3, -0.25) is 4.79 Å². The summed E-state index contributed by atoms with van der Waals surface area (Å²) in [5, 5.41) is 23.9. The second-order valence-corrected chi connectivity index (χ2v) is 6.30. The van der Waals surface area contributed by atoms with Crippen LogP contribution in [0, 0.1) is 0 Å². The fourth-order valence-corrected chi connectivity index (χ4v) is 2.86. The number of phenolic OH excluding ortho intramolecular Hbond substituents is 2. The lowest BCUT2D eigenvalue weighted by atomic mass is 10.0. The van der Waals surface area contributed by atoms with E-state index in [0.29, 0.717) is 28.8 Å². The molecule has 3 rings (SSSR count). The lowest BCUT2D eigenvalue weighted by Crippen LogP contribution is -2.30. The van der Waals surface area contributed by atoms with Crippen molar-refractivity contribution in [3.63, 3.8) is 0 Å². The Morgan fingerprint density at radius 3 is 2.41 bits per heavy atom. The van der Waals surface area contributed by atoms with E-state index in [9.17, 15) is 19.8 Å². The molecule has 0 unspecified atom stereocenters. The van der Waals surface area contributed by atoms with Crippen molar-refractivity contribution in [3.05, 3.63) is 60.2 Å². The van der Waals surface area contributed by atoms with Gasteiger partial charge in [0.15, 0.2) is 6.10 Å². The van der Waals surface area contributed by atoms with E-state index < -0.39 is 18.0 Å². The second-order valence-electron chi connectivity index (χ2n) is 6.30. The highest BCUT2D eigenvalue weighted by molar-refractivity contribution is 6.05. The highest BCUT2D eigenvalue weighted by Crippen LogP contribution is 2.35. The molecule has 0 heterocycles. The fourth-order valence-electron chi connectivity index (χ4n) is 2.86. The SMILES string of the molecule is CCOc1ccccc1NC(=O)[C@H](C)OC(=O)c1cc(O)c2ccccc2c1O. The Morgan fingerprint density at radius 2 is 1.69 bits per heavy atom. The summed E-state index contributed by atoms with van der Waals surface area (Å²) in [7, 11) is 0. The first kappa shape index (κ1) is 20.0. The van der Waals surface area contributed by atoms with Crippen LogP contribution < -0.4 is 10.1 Å². The topological polar surface area (TPSA) is 105 Å². The molecule has 0 aliphatic heterocycles. The molecule has 0 aliphatic rings. The molecule has 7 nitrogen and oxygen atoms in total. The standard InChI is InChI=1S/C22H21NO6/c1-3-28-19-11-7-6-10-17(19)23-21(26)13(2)29-22(27)16-12-18(24)14-8-4-5-9-15(14)20(16)25/h4-13,24-25H,3H2,1-2H3,(H,23,26)/t13-/m0/s1. The molecule has 1 amide bonds. The van der Waals surface area contributed by atoms with E-state index in [1.165, 1.54) is 6.92 Å². The average Bonchev–Trinajstić information content (AvgIpc) is 2.72. The number of amides is 1. The fraction of sp³-hybridized carbons (Fsp3) is 0.182. The van der Waals surface area contributed by atoms with E-state index in [1.807, 2.05) is 6.92 Å². The van der Waals surface area contributed by atoms with E-state index in [0.717, 1.165) is 6.07 Å². The molecular weight excluding hydrogens is 374 g/mol. The highest BCUT2D eigenvalue weighted by atomic mass is 16.5. The van der Waals surface area contributed by atoms with E-state index >= 15 is 0 Å². The number of esters is 1. The Bertz CT molecular complexity index is 1060. The number of phenols is 2. The van der Waals surface area contributed by atoms with Crippen LogP contribution in [-0.4, -0.2) is 34.8 Å². The Labute approximate surface area is 167 Å². The molecule has 1 atom stereocenters. The third-order valence-electron chi connectivity index (χ3n) is 4.31.